The molecule has 0 aliphatic heterocycles. The average molecular weight is 281 g/mol. The van der Waals surface area contributed by atoms with Gasteiger partial charge in [0.1, 0.15) is 11.0 Å². The molecule has 0 fully saturated rings. The average Bonchev–Trinajstić information content (AvgIpc) is 2.73. The van der Waals surface area contributed by atoms with E-state index in [0.717, 1.165) is 19.1 Å². The molecule has 0 N–H and O–H groups in total. The Hall–Kier alpha value is -1.68. The highest BCUT2D eigenvalue weighted by Crippen LogP contribution is 2.23. The summed E-state index contributed by atoms with van der Waals surface area (Å²) in [7, 11) is 0. The van der Waals surface area contributed by atoms with Crippen LogP contribution in [0.15, 0.2) is 24.3 Å². The van der Waals surface area contributed by atoms with Crippen LogP contribution < -0.4 is 0 Å². The third-order valence-corrected chi connectivity index (χ3v) is 3.26. The molecule has 0 saturated heterocycles. The van der Waals surface area contributed by atoms with Crippen LogP contribution in [0.5, 0.6) is 0 Å². The maximum atomic E-state index is 12.9. The summed E-state index contributed by atoms with van der Waals surface area (Å²) in [6.07, 6.45) is 3.38. The van der Waals surface area contributed by atoms with Crippen molar-refractivity contribution in [3.63, 3.8) is 0 Å². The lowest BCUT2D eigenvalue weighted by Crippen LogP contribution is -1.97. The molecule has 1 aromatic heterocycles. The second kappa shape index (κ2) is 5.97. The summed E-state index contributed by atoms with van der Waals surface area (Å²) in [6.45, 7) is 2.07. The molecule has 2 rings (SSSR count). The molecule has 0 unspecified atom stereocenters. The Balaban J connectivity index is 2.43. The Bertz CT molecular complexity index is 578. The molecule has 1 heterocycles. The molecule has 19 heavy (non-hydrogen) atoms. The van der Waals surface area contributed by atoms with Crippen LogP contribution in [0.25, 0.3) is 5.69 Å². The van der Waals surface area contributed by atoms with Gasteiger partial charge in [-0.2, -0.15) is 5.10 Å². The molecule has 5 heteroatoms. The zero-order valence-corrected chi connectivity index (χ0v) is 11.3. The largest absolute Gasteiger partial charge is 0.298 e. The second-order valence-electron chi connectivity index (χ2n) is 4.26. The highest BCUT2D eigenvalue weighted by Gasteiger charge is 2.16. The normalized spacial score (nSPS) is 10.7. The molecular weight excluding hydrogens is 267 g/mol. The summed E-state index contributed by atoms with van der Waals surface area (Å²) in [6, 6.07) is 5.82. The molecule has 0 aliphatic rings. The van der Waals surface area contributed by atoms with E-state index < -0.39 is 0 Å². The standard InChI is InChI=1S/C14H14ClFN2O/c1-2-3-4-13-12(9-19)14(15)18(17-13)11-7-5-10(16)6-8-11/h5-9H,2-4H2,1H3. The van der Waals surface area contributed by atoms with Gasteiger partial charge in [-0.25, -0.2) is 9.07 Å². The first-order valence-electron chi connectivity index (χ1n) is 6.16. The summed E-state index contributed by atoms with van der Waals surface area (Å²) in [5, 5.41) is 4.62. The van der Waals surface area contributed by atoms with Gasteiger partial charge in [0.05, 0.1) is 16.9 Å². The molecular formula is C14H14ClFN2O. The first-order chi connectivity index (χ1) is 9.17. The van der Waals surface area contributed by atoms with Crippen LogP contribution in [0.4, 0.5) is 4.39 Å². The molecule has 0 radical (unpaired) electrons. The molecule has 3 nitrogen and oxygen atoms in total. The molecule has 0 amide bonds. The molecule has 1 aromatic carbocycles. The van der Waals surface area contributed by atoms with E-state index in [9.17, 15) is 9.18 Å². The number of unbranched alkanes of at least 4 members (excludes halogenated alkanes) is 1. The number of hydrogen-bond donors (Lipinski definition) is 0. The van der Waals surface area contributed by atoms with Crippen LogP contribution >= 0.6 is 11.6 Å². The fraction of sp³-hybridized carbons (Fsp3) is 0.286. The highest BCUT2D eigenvalue weighted by atomic mass is 35.5. The van der Waals surface area contributed by atoms with Gasteiger partial charge in [0, 0.05) is 0 Å². The summed E-state index contributed by atoms with van der Waals surface area (Å²) in [5.41, 5.74) is 1.74. The Morgan fingerprint density at radius 1 is 1.37 bits per heavy atom. The lowest BCUT2D eigenvalue weighted by Gasteiger charge is -2.02. The minimum Gasteiger partial charge on any atom is -0.298 e. The number of benzene rings is 1. The van der Waals surface area contributed by atoms with Gasteiger partial charge >= 0.3 is 0 Å². The van der Waals surface area contributed by atoms with Gasteiger partial charge in [0.15, 0.2) is 6.29 Å². The molecule has 100 valence electrons. The van der Waals surface area contributed by atoms with Crippen LogP contribution in [0, 0.1) is 5.82 Å². The van der Waals surface area contributed by atoms with Crippen molar-refractivity contribution in [1.29, 1.82) is 0 Å². The molecule has 2 aromatic rings. The number of halogens is 2. The van der Waals surface area contributed by atoms with Crippen molar-refractivity contribution in [2.75, 3.05) is 0 Å². The van der Waals surface area contributed by atoms with Crippen LogP contribution in [0.1, 0.15) is 35.8 Å². The quantitative estimate of drug-likeness (QED) is 0.781. The predicted molar refractivity (Wildman–Crippen MR) is 72.5 cm³/mol. The van der Waals surface area contributed by atoms with Crippen molar-refractivity contribution in [2.45, 2.75) is 26.2 Å². The van der Waals surface area contributed by atoms with Crippen molar-refractivity contribution >= 4 is 17.9 Å². The fourth-order valence-electron chi connectivity index (χ4n) is 1.85. The third kappa shape index (κ3) is 2.84. The smallest absolute Gasteiger partial charge is 0.155 e. The molecule has 0 saturated carbocycles. The van der Waals surface area contributed by atoms with E-state index in [-0.39, 0.29) is 11.0 Å². The Morgan fingerprint density at radius 2 is 2.05 bits per heavy atom. The number of nitrogens with zero attached hydrogens (tertiary/aromatic N) is 2. The van der Waals surface area contributed by atoms with Crippen LogP contribution in [-0.4, -0.2) is 16.1 Å². The number of carbonyl (C=O) groups excluding carboxylic acids is 1. The number of aldehydes is 1. The number of hydrogen-bond acceptors (Lipinski definition) is 2. The topological polar surface area (TPSA) is 34.9 Å². The van der Waals surface area contributed by atoms with E-state index in [2.05, 4.69) is 12.0 Å². The minimum atomic E-state index is -0.325. The number of aromatic nitrogens is 2. The van der Waals surface area contributed by atoms with E-state index >= 15 is 0 Å². The minimum absolute atomic E-state index is 0.271. The Morgan fingerprint density at radius 3 is 2.63 bits per heavy atom. The second-order valence-corrected chi connectivity index (χ2v) is 4.62. The van der Waals surface area contributed by atoms with E-state index in [0.29, 0.717) is 23.4 Å². The summed E-state index contributed by atoms with van der Waals surface area (Å²) in [5.74, 6) is -0.325. The molecule has 0 bridgehead atoms. The molecule has 0 spiro atoms. The van der Waals surface area contributed by atoms with E-state index in [1.165, 1.54) is 16.8 Å². The zero-order valence-electron chi connectivity index (χ0n) is 10.6. The maximum Gasteiger partial charge on any atom is 0.155 e. The van der Waals surface area contributed by atoms with Gasteiger partial charge in [-0.15, -0.1) is 0 Å². The number of aryl methyl sites for hydroxylation is 1. The summed E-state index contributed by atoms with van der Waals surface area (Å²) < 4.78 is 14.4. The monoisotopic (exact) mass is 280 g/mol. The van der Waals surface area contributed by atoms with E-state index in [1.807, 2.05) is 0 Å². The highest BCUT2D eigenvalue weighted by molar-refractivity contribution is 6.32. The van der Waals surface area contributed by atoms with Crippen LogP contribution in [0.2, 0.25) is 5.15 Å². The first kappa shape index (κ1) is 13.7. The lowest BCUT2D eigenvalue weighted by molar-refractivity contribution is 0.112. The number of carbonyl (C=O) groups is 1. The van der Waals surface area contributed by atoms with Gasteiger partial charge < -0.3 is 0 Å². The van der Waals surface area contributed by atoms with Gasteiger partial charge in [-0.05, 0) is 37.1 Å². The molecule has 0 atom stereocenters. The third-order valence-electron chi connectivity index (χ3n) is 2.90. The van der Waals surface area contributed by atoms with Gasteiger partial charge in [0.2, 0.25) is 0 Å². The summed E-state index contributed by atoms with van der Waals surface area (Å²) >= 11 is 6.16. The Kier molecular flexibility index (Phi) is 4.32. The predicted octanol–water partition coefficient (Wildman–Crippen LogP) is 3.82. The van der Waals surface area contributed by atoms with Crippen LogP contribution in [-0.2, 0) is 6.42 Å². The van der Waals surface area contributed by atoms with Crippen molar-refractivity contribution in [3.8, 4) is 5.69 Å². The van der Waals surface area contributed by atoms with E-state index in [1.54, 1.807) is 12.1 Å². The van der Waals surface area contributed by atoms with Crippen molar-refractivity contribution in [1.82, 2.24) is 9.78 Å². The van der Waals surface area contributed by atoms with Crippen LogP contribution in [0.3, 0.4) is 0 Å². The van der Waals surface area contributed by atoms with E-state index in [4.69, 9.17) is 11.6 Å². The van der Waals surface area contributed by atoms with Gasteiger partial charge in [-0.1, -0.05) is 24.9 Å². The van der Waals surface area contributed by atoms with Gasteiger partial charge in [0.25, 0.3) is 0 Å². The Labute approximate surface area is 116 Å². The number of rotatable bonds is 5. The van der Waals surface area contributed by atoms with Crippen molar-refractivity contribution < 1.29 is 9.18 Å². The SMILES string of the molecule is CCCCc1nn(-c2ccc(F)cc2)c(Cl)c1C=O. The first-order valence-corrected chi connectivity index (χ1v) is 6.53. The molecule has 0 aliphatic carbocycles. The summed E-state index contributed by atoms with van der Waals surface area (Å²) in [4.78, 5) is 11.1. The van der Waals surface area contributed by atoms with Gasteiger partial charge in [-0.3, -0.25) is 4.79 Å². The zero-order chi connectivity index (χ0) is 13.8. The van der Waals surface area contributed by atoms with Crippen molar-refractivity contribution in [2.24, 2.45) is 0 Å². The van der Waals surface area contributed by atoms with Crippen molar-refractivity contribution in [3.05, 3.63) is 46.5 Å². The fourth-order valence-corrected chi connectivity index (χ4v) is 2.14. The maximum absolute atomic E-state index is 12.9. The lowest BCUT2D eigenvalue weighted by atomic mass is 10.1.